The van der Waals surface area contributed by atoms with E-state index in [9.17, 15) is 4.79 Å². The number of carbonyl (C=O) groups excluding carboxylic acids is 1. The van der Waals surface area contributed by atoms with E-state index in [1.807, 2.05) is 0 Å². The summed E-state index contributed by atoms with van der Waals surface area (Å²) in [5, 5.41) is 3.69. The topological polar surface area (TPSA) is 72.4 Å². The van der Waals surface area contributed by atoms with Crippen molar-refractivity contribution >= 4 is 17.3 Å². The molecule has 0 bridgehead atoms. The summed E-state index contributed by atoms with van der Waals surface area (Å²) in [6, 6.07) is 8.65. The first kappa shape index (κ1) is 11.2. The highest BCUT2D eigenvalue weighted by molar-refractivity contribution is 6.04. The van der Waals surface area contributed by atoms with Crippen LogP contribution >= 0.6 is 0 Å². The van der Waals surface area contributed by atoms with Crippen molar-refractivity contribution in [3.8, 4) is 0 Å². The van der Waals surface area contributed by atoms with Crippen LogP contribution in [-0.4, -0.2) is 18.1 Å². The molecule has 0 aliphatic rings. The third kappa shape index (κ3) is 2.28. The van der Waals surface area contributed by atoms with Crippen LogP contribution in [0, 0.1) is 6.92 Å². The number of benzene rings is 1. The zero-order chi connectivity index (χ0) is 12.4. The summed E-state index contributed by atoms with van der Waals surface area (Å²) >= 11 is 0. The van der Waals surface area contributed by atoms with Crippen LogP contribution in [0.2, 0.25) is 0 Å². The van der Waals surface area contributed by atoms with Crippen molar-refractivity contribution in [3.05, 3.63) is 41.8 Å². The van der Waals surface area contributed by atoms with Crippen LogP contribution in [0.5, 0.6) is 0 Å². The molecule has 0 atom stereocenters. The van der Waals surface area contributed by atoms with E-state index in [1.54, 1.807) is 44.3 Å². The SMILES string of the molecule is Cc1cc(C(=O)N(C)c2ccc(N)cc2)no1. The van der Waals surface area contributed by atoms with Gasteiger partial charge in [0.15, 0.2) is 5.69 Å². The van der Waals surface area contributed by atoms with Gasteiger partial charge >= 0.3 is 0 Å². The molecule has 5 nitrogen and oxygen atoms in total. The molecule has 1 heterocycles. The number of amides is 1. The molecule has 1 aromatic heterocycles. The van der Waals surface area contributed by atoms with Crippen LogP contribution in [0.4, 0.5) is 11.4 Å². The second kappa shape index (κ2) is 4.29. The summed E-state index contributed by atoms with van der Waals surface area (Å²) < 4.78 is 4.87. The van der Waals surface area contributed by atoms with Crippen molar-refractivity contribution < 1.29 is 9.32 Å². The second-order valence-electron chi connectivity index (χ2n) is 3.78. The Bertz CT molecular complexity index is 531. The fourth-order valence-electron chi connectivity index (χ4n) is 1.45. The predicted molar refractivity (Wildman–Crippen MR) is 64.8 cm³/mol. The minimum Gasteiger partial charge on any atom is -0.399 e. The maximum absolute atomic E-state index is 12.0. The van der Waals surface area contributed by atoms with Crippen LogP contribution in [0.25, 0.3) is 0 Å². The molecule has 88 valence electrons. The van der Waals surface area contributed by atoms with Gasteiger partial charge in [-0.2, -0.15) is 0 Å². The fraction of sp³-hybridized carbons (Fsp3) is 0.167. The van der Waals surface area contributed by atoms with E-state index < -0.39 is 0 Å². The number of hydrogen-bond acceptors (Lipinski definition) is 4. The quantitative estimate of drug-likeness (QED) is 0.800. The van der Waals surface area contributed by atoms with Gasteiger partial charge in [0.2, 0.25) is 0 Å². The zero-order valence-electron chi connectivity index (χ0n) is 9.68. The maximum Gasteiger partial charge on any atom is 0.280 e. The first-order valence-corrected chi connectivity index (χ1v) is 5.15. The summed E-state index contributed by atoms with van der Waals surface area (Å²) in [6.07, 6.45) is 0. The molecule has 0 spiro atoms. The number of aryl methyl sites for hydroxylation is 1. The monoisotopic (exact) mass is 231 g/mol. The van der Waals surface area contributed by atoms with Gasteiger partial charge in [0.05, 0.1) is 0 Å². The molecule has 2 N–H and O–H groups in total. The van der Waals surface area contributed by atoms with Gasteiger partial charge in [-0.25, -0.2) is 0 Å². The average molecular weight is 231 g/mol. The molecule has 1 aromatic carbocycles. The van der Waals surface area contributed by atoms with Gasteiger partial charge in [-0.1, -0.05) is 5.16 Å². The van der Waals surface area contributed by atoms with Crippen molar-refractivity contribution in [1.29, 1.82) is 0 Å². The number of hydrogen-bond donors (Lipinski definition) is 1. The molecule has 1 amide bonds. The number of rotatable bonds is 2. The summed E-state index contributed by atoms with van der Waals surface area (Å²) in [7, 11) is 1.68. The molecule has 0 unspecified atom stereocenters. The largest absolute Gasteiger partial charge is 0.399 e. The summed E-state index contributed by atoms with van der Waals surface area (Å²) in [4.78, 5) is 13.5. The maximum atomic E-state index is 12.0. The molecule has 2 rings (SSSR count). The Kier molecular flexibility index (Phi) is 2.82. The van der Waals surface area contributed by atoms with Gasteiger partial charge in [-0.15, -0.1) is 0 Å². The lowest BCUT2D eigenvalue weighted by molar-refractivity contribution is 0.0984. The lowest BCUT2D eigenvalue weighted by Gasteiger charge is -2.15. The standard InChI is InChI=1S/C12H13N3O2/c1-8-7-11(14-17-8)12(16)15(2)10-5-3-9(13)4-6-10/h3-7H,13H2,1-2H3. The van der Waals surface area contributed by atoms with E-state index >= 15 is 0 Å². The Labute approximate surface area is 98.8 Å². The van der Waals surface area contributed by atoms with Crippen LogP contribution in [-0.2, 0) is 0 Å². The first-order valence-electron chi connectivity index (χ1n) is 5.15. The Morgan fingerprint density at radius 2 is 2.00 bits per heavy atom. The second-order valence-corrected chi connectivity index (χ2v) is 3.78. The highest BCUT2D eigenvalue weighted by Gasteiger charge is 2.16. The highest BCUT2D eigenvalue weighted by Crippen LogP contribution is 2.17. The Hall–Kier alpha value is -2.30. The molecule has 0 saturated carbocycles. The molecule has 2 aromatic rings. The number of carbonyl (C=O) groups is 1. The van der Waals surface area contributed by atoms with Crippen LogP contribution in [0.1, 0.15) is 16.2 Å². The average Bonchev–Trinajstić information content (AvgIpc) is 2.75. The molecule has 0 radical (unpaired) electrons. The van der Waals surface area contributed by atoms with Crippen molar-refractivity contribution in [2.45, 2.75) is 6.92 Å². The van der Waals surface area contributed by atoms with E-state index in [0.29, 0.717) is 17.1 Å². The van der Waals surface area contributed by atoms with Gasteiger partial charge in [0, 0.05) is 24.5 Å². The van der Waals surface area contributed by atoms with Crippen LogP contribution in [0.15, 0.2) is 34.9 Å². The summed E-state index contributed by atoms with van der Waals surface area (Å²) in [5.74, 6) is 0.394. The molecule has 17 heavy (non-hydrogen) atoms. The number of nitrogen functional groups attached to an aromatic ring is 1. The molecular weight excluding hydrogens is 218 g/mol. The lowest BCUT2D eigenvalue weighted by atomic mass is 10.2. The van der Waals surface area contributed by atoms with Crippen molar-refractivity contribution in [1.82, 2.24) is 5.16 Å². The molecule has 5 heteroatoms. The van der Waals surface area contributed by atoms with Gasteiger partial charge in [-0.05, 0) is 31.2 Å². The van der Waals surface area contributed by atoms with Crippen LogP contribution in [0.3, 0.4) is 0 Å². The first-order chi connectivity index (χ1) is 8.08. The normalized spacial score (nSPS) is 10.2. The number of anilines is 2. The number of nitrogens with zero attached hydrogens (tertiary/aromatic N) is 2. The molecule has 0 aliphatic carbocycles. The summed E-state index contributed by atoms with van der Waals surface area (Å²) in [5.41, 5.74) is 7.29. The van der Waals surface area contributed by atoms with Crippen molar-refractivity contribution in [2.75, 3.05) is 17.7 Å². The predicted octanol–water partition coefficient (Wildman–Crippen LogP) is 1.84. The van der Waals surface area contributed by atoms with E-state index in [-0.39, 0.29) is 5.91 Å². The van der Waals surface area contributed by atoms with E-state index in [4.69, 9.17) is 10.3 Å². The van der Waals surface area contributed by atoms with E-state index in [2.05, 4.69) is 5.16 Å². The lowest BCUT2D eigenvalue weighted by Crippen LogP contribution is -2.26. The Morgan fingerprint density at radius 3 is 2.53 bits per heavy atom. The third-order valence-electron chi connectivity index (χ3n) is 2.43. The fourth-order valence-corrected chi connectivity index (χ4v) is 1.45. The molecule has 0 aliphatic heterocycles. The van der Waals surface area contributed by atoms with Gasteiger partial charge in [0.1, 0.15) is 5.76 Å². The van der Waals surface area contributed by atoms with Crippen LogP contribution < -0.4 is 10.6 Å². The minimum absolute atomic E-state index is 0.216. The minimum atomic E-state index is -0.216. The number of aromatic nitrogens is 1. The Balaban J connectivity index is 2.23. The molecular formula is C12H13N3O2. The third-order valence-corrected chi connectivity index (χ3v) is 2.43. The van der Waals surface area contributed by atoms with Crippen molar-refractivity contribution in [2.24, 2.45) is 0 Å². The van der Waals surface area contributed by atoms with E-state index in [0.717, 1.165) is 5.69 Å². The van der Waals surface area contributed by atoms with E-state index in [1.165, 1.54) is 4.90 Å². The molecule has 0 saturated heterocycles. The smallest absolute Gasteiger partial charge is 0.280 e. The van der Waals surface area contributed by atoms with Gasteiger partial charge in [-0.3, -0.25) is 4.79 Å². The van der Waals surface area contributed by atoms with Gasteiger partial charge in [0.25, 0.3) is 5.91 Å². The Morgan fingerprint density at radius 1 is 1.35 bits per heavy atom. The molecule has 0 fully saturated rings. The van der Waals surface area contributed by atoms with Crippen molar-refractivity contribution in [3.63, 3.8) is 0 Å². The highest BCUT2D eigenvalue weighted by atomic mass is 16.5. The summed E-state index contributed by atoms with van der Waals surface area (Å²) in [6.45, 7) is 1.74. The van der Waals surface area contributed by atoms with Gasteiger partial charge < -0.3 is 15.2 Å². The number of nitrogens with two attached hydrogens (primary N) is 1. The zero-order valence-corrected chi connectivity index (χ0v) is 9.68.